The summed E-state index contributed by atoms with van der Waals surface area (Å²) in [4.78, 5) is 52.0. The molecule has 0 saturated carbocycles. The summed E-state index contributed by atoms with van der Waals surface area (Å²) < 4.78 is 16.7. The first-order valence-corrected chi connectivity index (χ1v) is 15.9. The van der Waals surface area contributed by atoms with E-state index < -0.39 is 53.9 Å². The van der Waals surface area contributed by atoms with Crippen molar-refractivity contribution in [2.24, 2.45) is 23.3 Å². The normalized spacial score (nSPS) is 30.0. The predicted molar refractivity (Wildman–Crippen MR) is 175 cm³/mol. The summed E-state index contributed by atoms with van der Waals surface area (Å²) in [6.45, 7) is 8.17. The molecule has 256 valence electrons. The van der Waals surface area contributed by atoms with Gasteiger partial charge in [0.05, 0.1) is 23.6 Å². The molecule has 2 aliphatic rings. The van der Waals surface area contributed by atoms with Crippen molar-refractivity contribution in [1.29, 1.82) is 0 Å². The van der Waals surface area contributed by atoms with Gasteiger partial charge in [-0.25, -0.2) is 4.79 Å². The number of rotatable bonds is 10. The molecule has 7 N–H and O–H groups in total. The topological polar surface area (TPSA) is 192 Å². The highest BCUT2D eigenvalue weighted by Crippen LogP contribution is 2.29. The molecule has 46 heavy (non-hydrogen) atoms. The summed E-state index contributed by atoms with van der Waals surface area (Å²) in [6, 6.07) is 0. The third-order valence-corrected chi connectivity index (χ3v) is 8.23. The number of primary amides is 1. The molecule has 1 heterocycles. The van der Waals surface area contributed by atoms with Crippen LogP contribution < -0.4 is 22.1 Å². The number of aliphatic hydroxyl groups excluding tert-OH is 1. The van der Waals surface area contributed by atoms with Crippen molar-refractivity contribution in [1.82, 2.24) is 10.6 Å². The van der Waals surface area contributed by atoms with Crippen LogP contribution in [-0.4, -0.2) is 80.4 Å². The third kappa shape index (κ3) is 11.3. The molecule has 0 spiro atoms. The first-order chi connectivity index (χ1) is 21.8. The maximum atomic E-state index is 13.8. The number of nitrogens with one attached hydrogen (secondary N) is 2. The summed E-state index contributed by atoms with van der Waals surface area (Å²) in [5, 5.41) is 17.1. The number of hydrogen-bond donors (Lipinski definition) is 5. The van der Waals surface area contributed by atoms with Crippen molar-refractivity contribution in [3.8, 4) is 0 Å². The van der Waals surface area contributed by atoms with Gasteiger partial charge in [-0.15, -0.1) is 0 Å². The quantitative estimate of drug-likeness (QED) is 0.134. The average Bonchev–Trinajstić information content (AvgIpc) is 3.01. The van der Waals surface area contributed by atoms with E-state index in [1.807, 2.05) is 13.8 Å². The first kappa shape index (κ1) is 38.6. The Balaban J connectivity index is 2.54. The fourth-order valence-electron chi connectivity index (χ4n) is 5.61. The molecule has 0 radical (unpaired) electrons. The number of carbonyl (C=O) groups excluding carboxylic acids is 4. The van der Waals surface area contributed by atoms with E-state index in [9.17, 15) is 24.3 Å². The van der Waals surface area contributed by atoms with Crippen LogP contribution in [0.2, 0.25) is 0 Å². The maximum absolute atomic E-state index is 13.8. The standard InChI is InChI=1S/C34H52N4O8/c1-20-16-24-29(37-15-10-8-7-9-14-35)26(39)19-25(31(24)41)38-33(42)21(2)12-11-13-27(44-5)32(46-34(36)43)23(4)18-22(3)30(40)28(17-20)45-6/h11-13,18-20,22,27-28,30,32,37,40H,7-10,14-17,35H2,1-6H3,(H2,36,43)(H,38,42)/b13-11-,21-12-,23-18-/t20-,22+,27+,28+,30-,32+/m1/s1. The van der Waals surface area contributed by atoms with Gasteiger partial charge in [0.15, 0.2) is 6.10 Å². The lowest BCUT2D eigenvalue weighted by molar-refractivity contribution is -0.120. The van der Waals surface area contributed by atoms with Gasteiger partial charge in [0.25, 0.3) is 5.91 Å². The molecule has 12 nitrogen and oxygen atoms in total. The van der Waals surface area contributed by atoms with Crippen LogP contribution in [-0.2, 0) is 28.6 Å². The van der Waals surface area contributed by atoms with E-state index in [1.165, 1.54) is 20.3 Å². The molecule has 2 bridgehead atoms. The van der Waals surface area contributed by atoms with Crippen molar-refractivity contribution in [3.05, 3.63) is 58.5 Å². The molecule has 0 aromatic rings. The van der Waals surface area contributed by atoms with Gasteiger partial charge < -0.3 is 41.4 Å². The second kappa shape index (κ2) is 19.2. The van der Waals surface area contributed by atoms with Crippen LogP contribution in [0.25, 0.3) is 0 Å². The molecule has 1 aliphatic heterocycles. The highest BCUT2D eigenvalue weighted by Gasteiger charge is 2.33. The van der Waals surface area contributed by atoms with Crippen LogP contribution in [0.5, 0.6) is 0 Å². The summed E-state index contributed by atoms with van der Waals surface area (Å²) in [7, 11) is 2.94. The van der Waals surface area contributed by atoms with Gasteiger partial charge in [-0.3, -0.25) is 14.4 Å². The number of fused-ring (bicyclic) bond motifs is 2. The first-order valence-electron chi connectivity index (χ1n) is 15.9. The molecule has 0 saturated heterocycles. The smallest absolute Gasteiger partial charge is 0.405 e. The van der Waals surface area contributed by atoms with E-state index in [0.29, 0.717) is 25.1 Å². The van der Waals surface area contributed by atoms with Gasteiger partial charge in [-0.1, -0.05) is 51.0 Å². The molecule has 0 fully saturated rings. The van der Waals surface area contributed by atoms with Crippen LogP contribution in [0.1, 0.15) is 66.2 Å². The Labute approximate surface area is 272 Å². The molecule has 0 aromatic carbocycles. The number of ether oxygens (including phenoxy) is 3. The number of aliphatic hydroxyl groups is 1. The van der Waals surface area contributed by atoms with Crippen LogP contribution in [0.3, 0.4) is 0 Å². The van der Waals surface area contributed by atoms with E-state index in [0.717, 1.165) is 31.8 Å². The predicted octanol–water partition coefficient (Wildman–Crippen LogP) is 2.87. The highest BCUT2D eigenvalue weighted by molar-refractivity contribution is 6.23. The number of amides is 2. The lowest BCUT2D eigenvalue weighted by Gasteiger charge is -2.30. The van der Waals surface area contributed by atoms with E-state index in [-0.39, 0.29) is 34.9 Å². The number of unbranched alkanes of at least 4 members (excludes halogenated alkanes) is 3. The van der Waals surface area contributed by atoms with E-state index in [2.05, 4.69) is 10.6 Å². The zero-order chi connectivity index (χ0) is 34.4. The Morgan fingerprint density at radius 2 is 1.78 bits per heavy atom. The van der Waals surface area contributed by atoms with Crippen LogP contribution in [0.4, 0.5) is 4.79 Å². The lowest BCUT2D eigenvalue weighted by Crippen LogP contribution is -2.38. The Morgan fingerprint density at radius 3 is 2.41 bits per heavy atom. The minimum Gasteiger partial charge on any atom is -0.439 e. The molecule has 0 aromatic heterocycles. The Kier molecular flexibility index (Phi) is 16.1. The van der Waals surface area contributed by atoms with Gasteiger partial charge in [-0.2, -0.15) is 0 Å². The zero-order valence-corrected chi connectivity index (χ0v) is 28.0. The number of allylic oxidation sites excluding steroid dienone is 4. The van der Waals surface area contributed by atoms with Crippen molar-refractivity contribution in [2.45, 2.75) is 90.6 Å². The highest BCUT2D eigenvalue weighted by atomic mass is 16.6. The monoisotopic (exact) mass is 644 g/mol. The summed E-state index contributed by atoms with van der Waals surface area (Å²) in [5.41, 5.74) is 12.2. The number of methoxy groups -OCH3 is 2. The largest absolute Gasteiger partial charge is 0.439 e. The second-order valence-electron chi connectivity index (χ2n) is 12.1. The van der Waals surface area contributed by atoms with Gasteiger partial charge in [0, 0.05) is 43.9 Å². The van der Waals surface area contributed by atoms with Gasteiger partial charge in [0.2, 0.25) is 11.6 Å². The van der Waals surface area contributed by atoms with Gasteiger partial charge in [-0.05, 0) is 57.6 Å². The number of carbonyl (C=O) groups is 4. The second-order valence-corrected chi connectivity index (χ2v) is 12.1. The number of hydrogen-bond acceptors (Lipinski definition) is 10. The molecular formula is C34H52N4O8. The fraction of sp³-hybridized carbons (Fsp3) is 0.588. The SMILES string of the molecule is CO[C@H]1/C=C\C=C(\C)C(=O)NC2=CC(=O)C(NCCCCCCN)=C(C[C@@H](C)C[C@H](OC)[C@H](O)[C@@H](C)/C=C(/C)[C@@H]1OC(N)=O)C2=O. The zero-order valence-electron chi connectivity index (χ0n) is 28.0. The molecule has 6 atom stereocenters. The Bertz CT molecular complexity index is 1250. The van der Waals surface area contributed by atoms with Crippen molar-refractivity contribution >= 4 is 23.6 Å². The minimum absolute atomic E-state index is 0.109. The number of nitrogens with two attached hydrogens (primary N) is 2. The van der Waals surface area contributed by atoms with Gasteiger partial charge in [0.1, 0.15) is 6.10 Å². The third-order valence-electron chi connectivity index (χ3n) is 8.23. The van der Waals surface area contributed by atoms with Gasteiger partial charge >= 0.3 is 6.09 Å². The van der Waals surface area contributed by atoms with E-state index >= 15 is 0 Å². The molecule has 2 rings (SSSR count). The average molecular weight is 645 g/mol. The van der Waals surface area contributed by atoms with E-state index in [1.54, 1.807) is 32.1 Å². The minimum atomic E-state index is -0.997. The molecule has 1 aliphatic carbocycles. The van der Waals surface area contributed by atoms with Crippen LogP contribution in [0, 0.1) is 11.8 Å². The van der Waals surface area contributed by atoms with Crippen molar-refractivity contribution in [2.75, 3.05) is 27.3 Å². The number of Topliss-reactive ketones (excluding diaryl/α,β-unsaturated/α-hetero) is 1. The van der Waals surface area contributed by atoms with Crippen molar-refractivity contribution < 1.29 is 38.5 Å². The maximum Gasteiger partial charge on any atom is 0.405 e. The lowest BCUT2D eigenvalue weighted by atomic mass is 9.85. The molecule has 2 amide bonds. The Hall–Kier alpha value is -3.58. The van der Waals surface area contributed by atoms with Crippen LogP contribution in [0.15, 0.2) is 58.5 Å². The fourth-order valence-corrected chi connectivity index (χ4v) is 5.61. The summed E-state index contributed by atoms with van der Waals surface area (Å²) in [5.74, 6) is -2.04. The molecular weight excluding hydrogens is 592 g/mol. The summed E-state index contributed by atoms with van der Waals surface area (Å²) >= 11 is 0. The van der Waals surface area contributed by atoms with Crippen LogP contribution >= 0.6 is 0 Å². The van der Waals surface area contributed by atoms with E-state index in [4.69, 9.17) is 25.7 Å². The number of ketones is 2. The molecule has 0 unspecified atom stereocenters. The summed E-state index contributed by atoms with van der Waals surface area (Å²) in [6.07, 6.45) is 7.54. The molecule has 12 heteroatoms. The Morgan fingerprint density at radius 1 is 1.09 bits per heavy atom. The van der Waals surface area contributed by atoms with Crippen molar-refractivity contribution in [3.63, 3.8) is 0 Å².